The van der Waals surface area contributed by atoms with E-state index in [1.165, 1.54) is 4.90 Å². The van der Waals surface area contributed by atoms with Crippen LogP contribution < -0.4 is 0 Å². The van der Waals surface area contributed by atoms with Gasteiger partial charge in [-0.1, -0.05) is 70.5 Å². The molecular weight excluding hydrogens is 446 g/mol. The van der Waals surface area contributed by atoms with E-state index in [9.17, 15) is 14.7 Å². The van der Waals surface area contributed by atoms with Gasteiger partial charge in [-0.25, -0.2) is 4.79 Å². The first-order chi connectivity index (χ1) is 14.2. The van der Waals surface area contributed by atoms with Crippen molar-refractivity contribution in [3.8, 4) is 0 Å². The minimum Gasteiger partial charge on any atom is -0.438 e. The third-order valence-corrected chi connectivity index (χ3v) is 6.44. The molecule has 0 aromatic heterocycles. The lowest BCUT2D eigenvalue weighted by molar-refractivity contribution is -0.151. The van der Waals surface area contributed by atoms with Crippen LogP contribution in [0.4, 0.5) is 0 Å². The van der Waals surface area contributed by atoms with Crippen LogP contribution in [-0.2, 0) is 9.53 Å². The van der Waals surface area contributed by atoms with Gasteiger partial charge in [0.1, 0.15) is 6.10 Å². The van der Waals surface area contributed by atoms with Crippen molar-refractivity contribution in [1.29, 1.82) is 0 Å². The molecule has 6 heteroatoms. The fraction of sp³-hybridized carbons (Fsp3) is 0.250. The smallest absolute Gasteiger partial charge is 0.337 e. The summed E-state index contributed by atoms with van der Waals surface area (Å²) >= 11 is 3.44. The summed E-state index contributed by atoms with van der Waals surface area (Å²) in [5.74, 6) is -1.03. The number of halogens is 1. The van der Waals surface area contributed by atoms with E-state index in [0.717, 1.165) is 10.8 Å². The molecule has 0 spiro atoms. The number of fused-ring (bicyclic) bond motifs is 1. The van der Waals surface area contributed by atoms with Crippen molar-refractivity contribution < 1.29 is 19.4 Å². The highest BCUT2D eigenvalue weighted by Gasteiger charge is 2.62. The summed E-state index contributed by atoms with van der Waals surface area (Å²) in [5.41, 5.74) is -1.89. The Morgan fingerprint density at radius 1 is 1.00 bits per heavy atom. The average molecular weight is 468 g/mol. The number of carbonyl (C=O) groups excluding carboxylic acids is 2. The Labute approximate surface area is 183 Å². The van der Waals surface area contributed by atoms with Crippen molar-refractivity contribution in [1.82, 2.24) is 4.90 Å². The van der Waals surface area contributed by atoms with Crippen LogP contribution >= 0.6 is 15.9 Å². The highest BCUT2D eigenvalue weighted by molar-refractivity contribution is 9.10. The van der Waals surface area contributed by atoms with E-state index in [1.807, 2.05) is 42.5 Å². The molecule has 1 N–H and O–H groups in total. The van der Waals surface area contributed by atoms with E-state index in [4.69, 9.17) is 4.74 Å². The molecule has 1 heterocycles. The molecule has 5 nitrogen and oxygen atoms in total. The highest BCUT2D eigenvalue weighted by Crippen LogP contribution is 2.46. The maximum atomic E-state index is 13.8. The summed E-state index contributed by atoms with van der Waals surface area (Å²) in [7, 11) is 0. The minimum absolute atomic E-state index is 0.378. The third kappa shape index (κ3) is 3.02. The van der Waals surface area contributed by atoms with Crippen molar-refractivity contribution in [2.75, 3.05) is 0 Å². The van der Waals surface area contributed by atoms with E-state index in [-0.39, 0.29) is 5.91 Å². The molecule has 1 amide bonds. The second kappa shape index (κ2) is 7.22. The maximum absolute atomic E-state index is 13.8. The number of carbonyl (C=O) groups is 2. The third-order valence-electron chi connectivity index (χ3n) is 5.71. The Bertz CT molecular complexity index is 1150. The molecule has 1 fully saturated rings. The number of benzene rings is 3. The molecule has 4 rings (SSSR count). The lowest BCUT2D eigenvalue weighted by atomic mass is 9.86. The van der Waals surface area contributed by atoms with Crippen molar-refractivity contribution in [2.24, 2.45) is 0 Å². The minimum atomic E-state index is -1.61. The number of hydrogen-bond acceptors (Lipinski definition) is 4. The Hall–Kier alpha value is -2.70. The summed E-state index contributed by atoms with van der Waals surface area (Å²) in [6.45, 7) is 4.87. The van der Waals surface area contributed by atoms with Gasteiger partial charge < -0.3 is 9.84 Å². The van der Waals surface area contributed by atoms with Crippen molar-refractivity contribution in [3.63, 3.8) is 0 Å². The van der Waals surface area contributed by atoms with Crippen LogP contribution in [0.15, 0.2) is 71.2 Å². The first-order valence-corrected chi connectivity index (χ1v) is 10.5. The Kier molecular flexibility index (Phi) is 4.95. The molecule has 3 aromatic rings. The van der Waals surface area contributed by atoms with Crippen molar-refractivity contribution in [2.45, 2.75) is 38.1 Å². The zero-order valence-corrected chi connectivity index (χ0v) is 18.5. The number of rotatable bonds is 3. The van der Waals surface area contributed by atoms with Gasteiger partial charge in [0, 0.05) is 10.0 Å². The van der Waals surface area contributed by atoms with Crippen LogP contribution in [0, 0.1) is 0 Å². The van der Waals surface area contributed by atoms with E-state index in [0.29, 0.717) is 15.6 Å². The fourth-order valence-electron chi connectivity index (χ4n) is 4.25. The topological polar surface area (TPSA) is 66.8 Å². The van der Waals surface area contributed by atoms with Crippen LogP contribution in [0.25, 0.3) is 10.8 Å². The molecule has 1 saturated heterocycles. The number of cyclic esters (lactones) is 1. The van der Waals surface area contributed by atoms with Crippen LogP contribution in [0.3, 0.4) is 0 Å². The molecule has 1 aliphatic rings. The summed E-state index contributed by atoms with van der Waals surface area (Å²) in [6, 6.07) is 20.1. The van der Waals surface area contributed by atoms with Gasteiger partial charge in [-0.2, -0.15) is 0 Å². The number of amides is 1. The largest absolute Gasteiger partial charge is 0.438 e. The number of hydrogen-bond donors (Lipinski definition) is 1. The van der Waals surface area contributed by atoms with E-state index < -0.39 is 23.3 Å². The SMILES string of the molecule is CC1(C)OC(=O)[C@@](C)([C@H](O)c2ccccc2Br)N1C(=O)c1cccc2ccccc12. The van der Waals surface area contributed by atoms with Gasteiger partial charge in [0.05, 0.1) is 0 Å². The zero-order valence-electron chi connectivity index (χ0n) is 16.9. The number of nitrogens with zero attached hydrogens (tertiary/aromatic N) is 1. The van der Waals surface area contributed by atoms with Crippen LogP contribution in [0.2, 0.25) is 0 Å². The second-order valence-corrected chi connectivity index (χ2v) is 8.93. The molecule has 2 atom stereocenters. The van der Waals surface area contributed by atoms with Gasteiger partial charge in [0.2, 0.25) is 0 Å². The molecule has 154 valence electrons. The molecule has 0 saturated carbocycles. The molecule has 1 aliphatic heterocycles. The van der Waals surface area contributed by atoms with Gasteiger partial charge >= 0.3 is 5.97 Å². The predicted molar refractivity (Wildman–Crippen MR) is 118 cm³/mol. The lowest BCUT2D eigenvalue weighted by Crippen LogP contribution is -2.58. The van der Waals surface area contributed by atoms with Crippen LogP contribution in [0.1, 0.15) is 42.8 Å². The Morgan fingerprint density at radius 2 is 1.63 bits per heavy atom. The number of aliphatic hydroxyl groups excluding tert-OH is 1. The average Bonchev–Trinajstić information content (AvgIpc) is 2.91. The normalized spacial score (nSPS) is 21.5. The summed E-state index contributed by atoms with van der Waals surface area (Å²) in [5, 5.41) is 13.0. The zero-order chi connectivity index (χ0) is 21.7. The molecule has 0 bridgehead atoms. The molecule has 0 radical (unpaired) electrons. The quantitative estimate of drug-likeness (QED) is 0.560. The maximum Gasteiger partial charge on any atom is 0.337 e. The van der Waals surface area contributed by atoms with Gasteiger partial charge in [-0.3, -0.25) is 9.69 Å². The number of esters is 1. The highest BCUT2D eigenvalue weighted by atomic mass is 79.9. The molecule has 0 aliphatic carbocycles. The predicted octanol–water partition coefficient (Wildman–Crippen LogP) is 4.83. The Morgan fingerprint density at radius 3 is 2.37 bits per heavy atom. The molecule has 0 unspecified atom stereocenters. The van der Waals surface area contributed by atoms with Gasteiger partial charge in [0.15, 0.2) is 11.3 Å². The van der Waals surface area contributed by atoms with E-state index >= 15 is 0 Å². The molecular formula is C24H22BrNO4. The van der Waals surface area contributed by atoms with Crippen LogP contribution in [0.5, 0.6) is 0 Å². The summed E-state index contributed by atoms with van der Waals surface area (Å²) < 4.78 is 6.25. The summed E-state index contributed by atoms with van der Waals surface area (Å²) in [4.78, 5) is 28.3. The summed E-state index contributed by atoms with van der Waals surface area (Å²) in [6.07, 6.45) is -1.29. The van der Waals surface area contributed by atoms with Crippen LogP contribution in [-0.4, -0.2) is 33.1 Å². The van der Waals surface area contributed by atoms with Gasteiger partial charge in [0.25, 0.3) is 5.91 Å². The monoisotopic (exact) mass is 467 g/mol. The van der Waals surface area contributed by atoms with Gasteiger partial charge in [-0.05, 0) is 49.2 Å². The molecule has 30 heavy (non-hydrogen) atoms. The first-order valence-electron chi connectivity index (χ1n) is 9.66. The first kappa shape index (κ1) is 20.6. The van der Waals surface area contributed by atoms with E-state index in [2.05, 4.69) is 15.9 Å². The van der Waals surface area contributed by atoms with Crippen molar-refractivity contribution in [3.05, 3.63) is 82.3 Å². The van der Waals surface area contributed by atoms with Crippen molar-refractivity contribution >= 4 is 38.6 Å². The number of ether oxygens (including phenoxy) is 1. The molecule has 3 aromatic carbocycles. The lowest BCUT2D eigenvalue weighted by Gasteiger charge is -2.40. The Balaban J connectivity index is 1.88. The standard InChI is InChI=1S/C24H22BrNO4/c1-23(2)26(21(28)17-13-8-10-15-9-4-5-11-16(15)17)24(3,22(29)30-23)20(27)18-12-6-7-14-19(18)25/h4-14,20,27H,1-3H3/t20-,24-/m1/s1. The van der Waals surface area contributed by atoms with Gasteiger partial charge in [-0.15, -0.1) is 0 Å². The van der Waals surface area contributed by atoms with E-state index in [1.54, 1.807) is 45.0 Å². The second-order valence-electron chi connectivity index (χ2n) is 8.08. The fourth-order valence-corrected chi connectivity index (χ4v) is 4.75. The number of aliphatic hydroxyl groups is 1.